The van der Waals surface area contributed by atoms with Crippen molar-refractivity contribution in [3.8, 4) is 5.75 Å². The van der Waals surface area contributed by atoms with Crippen LogP contribution in [0.25, 0.3) is 0 Å². The minimum Gasteiger partial charge on any atom is -0.494 e. The Labute approximate surface area is 124 Å². The van der Waals surface area contributed by atoms with Gasteiger partial charge in [-0.25, -0.2) is 0 Å². The molecular weight excluding hydrogens is 248 g/mol. The van der Waals surface area contributed by atoms with Gasteiger partial charge in [-0.2, -0.15) is 0 Å². The Bertz CT molecular complexity index is 390. The van der Waals surface area contributed by atoms with Crippen molar-refractivity contribution < 1.29 is 4.74 Å². The van der Waals surface area contributed by atoms with Crippen LogP contribution in [0.15, 0.2) is 24.3 Å². The highest BCUT2D eigenvalue weighted by molar-refractivity contribution is 5.34. The van der Waals surface area contributed by atoms with Gasteiger partial charge >= 0.3 is 0 Å². The molecule has 1 unspecified atom stereocenters. The fourth-order valence-electron chi connectivity index (χ4n) is 2.59. The van der Waals surface area contributed by atoms with Gasteiger partial charge in [-0.3, -0.25) is 0 Å². The molecule has 0 bridgehead atoms. The molecule has 1 rings (SSSR count). The summed E-state index contributed by atoms with van der Waals surface area (Å²) in [7, 11) is 0. The van der Waals surface area contributed by atoms with Gasteiger partial charge in [0.1, 0.15) is 5.75 Å². The second kappa shape index (κ2) is 8.28. The van der Waals surface area contributed by atoms with Gasteiger partial charge in [0.25, 0.3) is 0 Å². The Balaban J connectivity index is 2.86. The predicted octanol–water partition coefficient (Wildman–Crippen LogP) is 2.93. The molecule has 0 aliphatic rings. The van der Waals surface area contributed by atoms with E-state index in [1.165, 1.54) is 5.56 Å². The number of hydrogen-bond donors (Lipinski definition) is 1. The smallest absolute Gasteiger partial charge is 0.122 e. The second-order valence-corrected chi connectivity index (χ2v) is 5.69. The summed E-state index contributed by atoms with van der Waals surface area (Å²) >= 11 is 0. The van der Waals surface area contributed by atoms with E-state index >= 15 is 0 Å². The van der Waals surface area contributed by atoms with Crippen LogP contribution >= 0.6 is 0 Å². The summed E-state index contributed by atoms with van der Waals surface area (Å²) in [6.07, 6.45) is 0.955. The highest BCUT2D eigenvalue weighted by atomic mass is 16.5. The van der Waals surface area contributed by atoms with Crippen molar-refractivity contribution in [2.24, 2.45) is 11.1 Å². The molecule has 0 saturated carbocycles. The van der Waals surface area contributed by atoms with Crippen molar-refractivity contribution in [1.82, 2.24) is 4.90 Å². The van der Waals surface area contributed by atoms with E-state index in [-0.39, 0.29) is 5.41 Å². The Hall–Kier alpha value is -1.06. The third-order valence-electron chi connectivity index (χ3n) is 3.88. The highest BCUT2D eigenvalue weighted by Gasteiger charge is 2.26. The third-order valence-corrected chi connectivity index (χ3v) is 3.88. The van der Waals surface area contributed by atoms with Crippen molar-refractivity contribution >= 4 is 0 Å². The zero-order valence-corrected chi connectivity index (χ0v) is 13.5. The molecule has 0 aromatic heterocycles. The lowest BCUT2D eigenvalue weighted by Gasteiger charge is -2.34. The Morgan fingerprint density at radius 3 is 2.35 bits per heavy atom. The van der Waals surface area contributed by atoms with Crippen LogP contribution in [0.1, 0.15) is 33.3 Å². The van der Waals surface area contributed by atoms with Crippen LogP contribution in [0.5, 0.6) is 5.75 Å². The lowest BCUT2D eigenvalue weighted by molar-refractivity contribution is 0.179. The largest absolute Gasteiger partial charge is 0.494 e. The topological polar surface area (TPSA) is 38.5 Å². The van der Waals surface area contributed by atoms with E-state index in [1.807, 2.05) is 19.1 Å². The average molecular weight is 278 g/mol. The molecule has 2 N–H and O–H groups in total. The first-order chi connectivity index (χ1) is 9.58. The third kappa shape index (κ3) is 4.80. The fraction of sp³-hybridized carbons (Fsp3) is 0.647. The Morgan fingerprint density at radius 1 is 1.15 bits per heavy atom. The molecule has 0 radical (unpaired) electrons. The van der Waals surface area contributed by atoms with Gasteiger partial charge in [0.15, 0.2) is 0 Å². The summed E-state index contributed by atoms with van der Waals surface area (Å²) in [6.45, 7) is 13.2. The zero-order valence-electron chi connectivity index (χ0n) is 13.5. The molecular formula is C17H30N2O. The first kappa shape index (κ1) is 17.0. The van der Waals surface area contributed by atoms with Crippen LogP contribution in [-0.4, -0.2) is 37.7 Å². The van der Waals surface area contributed by atoms with Crippen molar-refractivity contribution in [1.29, 1.82) is 0 Å². The monoisotopic (exact) mass is 278 g/mol. The van der Waals surface area contributed by atoms with Crippen LogP contribution in [0, 0.1) is 5.41 Å². The van der Waals surface area contributed by atoms with Crippen molar-refractivity contribution in [2.75, 3.05) is 32.8 Å². The van der Waals surface area contributed by atoms with E-state index in [0.29, 0.717) is 13.2 Å². The number of nitrogens with two attached hydrogens (primary N) is 1. The molecule has 0 amide bonds. The SMILES string of the molecule is CCOc1ccccc1CC(C)(CN)CN(CC)CC. The maximum atomic E-state index is 6.07. The van der Waals surface area contributed by atoms with E-state index in [9.17, 15) is 0 Å². The Morgan fingerprint density at radius 2 is 1.80 bits per heavy atom. The van der Waals surface area contributed by atoms with Gasteiger partial charge in [0.05, 0.1) is 6.61 Å². The average Bonchev–Trinajstić information content (AvgIpc) is 2.47. The molecule has 0 saturated heterocycles. The molecule has 0 heterocycles. The number of nitrogens with zero attached hydrogens (tertiary/aromatic N) is 1. The standard InChI is InChI=1S/C17H30N2O/c1-5-19(6-2)14-17(4,13-18)12-15-10-8-9-11-16(15)20-7-3/h8-11H,5-7,12-14,18H2,1-4H3. The fourth-order valence-corrected chi connectivity index (χ4v) is 2.59. The van der Waals surface area contributed by atoms with Gasteiger partial charge in [0, 0.05) is 6.54 Å². The van der Waals surface area contributed by atoms with Crippen LogP contribution in [-0.2, 0) is 6.42 Å². The van der Waals surface area contributed by atoms with Gasteiger partial charge in [-0.1, -0.05) is 39.0 Å². The minimum absolute atomic E-state index is 0.0826. The minimum atomic E-state index is 0.0826. The second-order valence-electron chi connectivity index (χ2n) is 5.69. The van der Waals surface area contributed by atoms with Gasteiger partial charge in [-0.15, -0.1) is 0 Å². The van der Waals surface area contributed by atoms with Gasteiger partial charge in [-0.05, 0) is 50.0 Å². The van der Waals surface area contributed by atoms with E-state index in [2.05, 4.69) is 37.8 Å². The summed E-state index contributed by atoms with van der Waals surface area (Å²) in [5.74, 6) is 0.995. The zero-order chi connectivity index (χ0) is 15.0. The lowest BCUT2D eigenvalue weighted by Crippen LogP contribution is -2.42. The molecule has 114 valence electrons. The number of ether oxygens (including phenoxy) is 1. The molecule has 1 aromatic carbocycles. The van der Waals surface area contributed by atoms with Gasteiger partial charge in [0.2, 0.25) is 0 Å². The Kier molecular flexibility index (Phi) is 7.03. The van der Waals surface area contributed by atoms with E-state index in [0.717, 1.165) is 31.8 Å². The molecule has 1 atom stereocenters. The molecule has 3 nitrogen and oxygen atoms in total. The molecule has 20 heavy (non-hydrogen) atoms. The summed E-state index contributed by atoms with van der Waals surface area (Å²) < 4.78 is 5.73. The number of rotatable bonds is 9. The highest BCUT2D eigenvalue weighted by Crippen LogP contribution is 2.28. The van der Waals surface area contributed by atoms with Crippen molar-refractivity contribution in [3.05, 3.63) is 29.8 Å². The summed E-state index contributed by atoms with van der Waals surface area (Å²) in [6, 6.07) is 8.30. The van der Waals surface area contributed by atoms with E-state index in [1.54, 1.807) is 0 Å². The van der Waals surface area contributed by atoms with Crippen LogP contribution in [0.2, 0.25) is 0 Å². The molecule has 3 heteroatoms. The van der Waals surface area contributed by atoms with Crippen molar-refractivity contribution in [3.63, 3.8) is 0 Å². The van der Waals surface area contributed by atoms with Crippen LogP contribution in [0.3, 0.4) is 0 Å². The van der Waals surface area contributed by atoms with Crippen LogP contribution in [0.4, 0.5) is 0 Å². The number of para-hydroxylation sites is 1. The summed E-state index contributed by atoms with van der Waals surface area (Å²) in [5, 5.41) is 0. The number of hydrogen-bond acceptors (Lipinski definition) is 3. The molecule has 0 aliphatic heterocycles. The van der Waals surface area contributed by atoms with E-state index in [4.69, 9.17) is 10.5 Å². The maximum Gasteiger partial charge on any atom is 0.122 e. The normalized spacial score (nSPS) is 14.3. The van der Waals surface area contributed by atoms with Crippen molar-refractivity contribution in [2.45, 2.75) is 34.1 Å². The molecule has 0 aliphatic carbocycles. The molecule has 0 spiro atoms. The van der Waals surface area contributed by atoms with Crippen LogP contribution < -0.4 is 10.5 Å². The number of benzene rings is 1. The summed E-state index contributed by atoms with van der Waals surface area (Å²) in [5.41, 5.74) is 7.41. The lowest BCUT2D eigenvalue weighted by atomic mass is 9.82. The molecule has 1 aromatic rings. The quantitative estimate of drug-likeness (QED) is 0.755. The maximum absolute atomic E-state index is 6.07. The van der Waals surface area contributed by atoms with E-state index < -0.39 is 0 Å². The first-order valence-corrected chi connectivity index (χ1v) is 7.71. The summed E-state index contributed by atoms with van der Waals surface area (Å²) in [4.78, 5) is 2.44. The first-order valence-electron chi connectivity index (χ1n) is 7.71. The molecule has 0 fully saturated rings. The predicted molar refractivity (Wildman–Crippen MR) is 86.3 cm³/mol. The van der Waals surface area contributed by atoms with Gasteiger partial charge < -0.3 is 15.4 Å².